The third-order valence-electron chi connectivity index (χ3n) is 4.18. The topological polar surface area (TPSA) is 61.4 Å². The van der Waals surface area contributed by atoms with Crippen LogP contribution < -0.4 is 15.5 Å². The largest absolute Gasteiger partial charge is 0.362 e. The molecule has 0 saturated heterocycles. The predicted molar refractivity (Wildman–Crippen MR) is 103 cm³/mol. The van der Waals surface area contributed by atoms with Gasteiger partial charge < -0.3 is 15.5 Å². The molecule has 0 fully saturated rings. The smallest absolute Gasteiger partial charge is 0.243 e. The third kappa shape index (κ3) is 4.60. The van der Waals surface area contributed by atoms with E-state index in [-0.39, 0.29) is 30.7 Å². The molecule has 0 saturated carbocycles. The standard InChI is InChI=1S/C19H19BrFN3O2/c20-15-5-1-2-6-16(15)23-18(25)11-22-19(26)12-24-9-3-4-13-10-14(21)7-8-17(13)24/h1-2,5-8,10H,3-4,9,11-12H2,(H,22,26)(H,23,25). The molecule has 0 spiro atoms. The normalized spacial score (nSPS) is 13.1. The molecule has 0 aliphatic carbocycles. The molecule has 136 valence electrons. The molecule has 1 aliphatic heterocycles. The van der Waals surface area contributed by atoms with Gasteiger partial charge in [0, 0.05) is 16.7 Å². The summed E-state index contributed by atoms with van der Waals surface area (Å²) in [5.74, 6) is -0.811. The Morgan fingerprint density at radius 2 is 1.96 bits per heavy atom. The van der Waals surface area contributed by atoms with Crippen LogP contribution in [0.15, 0.2) is 46.9 Å². The summed E-state index contributed by atoms with van der Waals surface area (Å²) in [5, 5.41) is 5.36. The van der Waals surface area contributed by atoms with E-state index in [1.807, 2.05) is 23.1 Å². The van der Waals surface area contributed by atoms with E-state index >= 15 is 0 Å². The van der Waals surface area contributed by atoms with Crippen LogP contribution in [-0.4, -0.2) is 31.4 Å². The third-order valence-corrected chi connectivity index (χ3v) is 4.88. The quantitative estimate of drug-likeness (QED) is 0.782. The molecular formula is C19H19BrFN3O2. The fraction of sp³-hybridized carbons (Fsp3) is 0.263. The van der Waals surface area contributed by atoms with Crippen LogP contribution in [0.25, 0.3) is 0 Å². The van der Waals surface area contributed by atoms with E-state index < -0.39 is 0 Å². The molecule has 2 N–H and O–H groups in total. The zero-order valence-electron chi connectivity index (χ0n) is 14.1. The first kappa shape index (κ1) is 18.4. The molecule has 3 rings (SSSR count). The molecule has 7 heteroatoms. The van der Waals surface area contributed by atoms with Crippen molar-refractivity contribution in [1.29, 1.82) is 0 Å². The predicted octanol–water partition coefficient (Wildman–Crippen LogP) is 3.10. The van der Waals surface area contributed by atoms with E-state index in [9.17, 15) is 14.0 Å². The summed E-state index contributed by atoms with van der Waals surface area (Å²) in [5.41, 5.74) is 2.44. The number of para-hydroxylation sites is 1. The molecule has 0 aromatic heterocycles. The minimum atomic E-state index is -0.300. The number of halogens is 2. The zero-order valence-corrected chi connectivity index (χ0v) is 15.7. The fourth-order valence-corrected chi connectivity index (χ4v) is 3.36. The highest BCUT2D eigenvalue weighted by atomic mass is 79.9. The number of nitrogens with zero attached hydrogens (tertiary/aromatic N) is 1. The van der Waals surface area contributed by atoms with Gasteiger partial charge in [0.2, 0.25) is 11.8 Å². The van der Waals surface area contributed by atoms with E-state index in [0.29, 0.717) is 5.69 Å². The summed E-state index contributed by atoms with van der Waals surface area (Å²) in [4.78, 5) is 26.1. The number of amides is 2. The summed E-state index contributed by atoms with van der Waals surface area (Å²) >= 11 is 3.36. The molecule has 1 aliphatic rings. The lowest BCUT2D eigenvalue weighted by molar-refractivity contribution is -0.123. The molecule has 0 radical (unpaired) electrons. The summed E-state index contributed by atoms with van der Waals surface area (Å²) in [6.45, 7) is 0.764. The lowest BCUT2D eigenvalue weighted by Gasteiger charge is -2.30. The van der Waals surface area contributed by atoms with Crippen molar-refractivity contribution in [2.75, 3.05) is 29.9 Å². The molecule has 2 aromatic rings. The van der Waals surface area contributed by atoms with E-state index in [2.05, 4.69) is 26.6 Å². The second-order valence-corrected chi connectivity index (χ2v) is 6.96. The second-order valence-electron chi connectivity index (χ2n) is 6.10. The van der Waals surface area contributed by atoms with Crippen molar-refractivity contribution in [3.05, 3.63) is 58.3 Å². The molecule has 0 atom stereocenters. The number of hydrogen-bond donors (Lipinski definition) is 2. The minimum Gasteiger partial charge on any atom is -0.362 e. The number of aryl methyl sites for hydroxylation is 1. The summed E-state index contributed by atoms with van der Waals surface area (Å²) < 4.78 is 14.1. The highest BCUT2D eigenvalue weighted by Gasteiger charge is 2.19. The first-order valence-electron chi connectivity index (χ1n) is 8.37. The average Bonchev–Trinajstić information content (AvgIpc) is 2.62. The molecule has 0 bridgehead atoms. The maximum absolute atomic E-state index is 13.4. The molecule has 26 heavy (non-hydrogen) atoms. The maximum atomic E-state index is 13.4. The van der Waals surface area contributed by atoms with E-state index in [4.69, 9.17) is 0 Å². The van der Waals surface area contributed by atoms with Crippen LogP contribution in [-0.2, 0) is 16.0 Å². The van der Waals surface area contributed by atoms with Crippen LogP contribution in [0.4, 0.5) is 15.8 Å². The summed E-state index contributed by atoms with van der Waals surface area (Å²) in [6.07, 6.45) is 1.67. The number of rotatable bonds is 5. The van der Waals surface area contributed by atoms with Crippen LogP contribution in [0.2, 0.25) is 0 Å². The average molecular weight is 420 g/mol. The number of anilines is 2. The molecule has 2 amide bonds. The first-order chi connectivity index (χ1) is 12.5. The van der Waals surface area contributed by atoms with Gasteiger partial charge in [-0.15, -0.1) is 0 Å². The van der Waals surface area contributed by atoms with E-state index in [1.165, 1.54) is 12.1 Å². The number of fused-ring (bicyclic) bond motifs is 1. The molecular weight excluding hydrogens is 401 g/mol. The SMILES string of the molecule is O=C(CN1CCCc2cc(F)ccc21)NCC(=O)Nc1ccccc1Br. The van der Waals surface area contributed by atoms with Gasteiger partial charge >= 0.3 is 0 Å². The number of carbonyl (C=O) groups is 2. The van der Waals surface area contributed by atoms with Gasteiger partial charge in [-0.1, -0.05) is 12.1 Å². The van der Waals surface area contributed by atoms with Gasteiger partial charge in [0.15, 0.2) is 0 Å². The van der Waals surface area contributed by atoms with Gasteiger partial charge in [-0.25, -0.2) is 4.39 Å². The van der Waals surface area contributed by atoms with Crippen LogP contribution in [0.1, 0.15) is 12.0 Å². The molecule has 1 heterocycles. The number of hydrogen-bond acceptors (Lipinski definition) is 3. The van der Waals surface area contributed by atoms with Crippen LogP contribution >= 0.6 is 15.9 Å². The van der Waals surface area contributed by atoms with Gasteiger partial charge in [0.1, 0.15) is 5.82 Å². The Balaban J connectivity index is 1.52. The molecule has 5 nitrogen and oxygen atoms in total. The Bertz CT molecular complexity index is 828. The van der Waals surface area contributed by atoms with Crippen molar-refractivity contribution >= 4 is 39.1 Å². The Morgan fingerprint density at radius 3 is 2.77 bits per heavy atom. The highest BCUT2D eigenvalue weighted by Crippen LogP contribution is 2.27. The highest BCUT2D eigenvalue weighted by molar-refractivity contribution is 9.10. The Kier molecular flexibility index (Phi) is 5.88. The van der Waals surface area contributed by atoms with Crippen molar-refractivity contribution in [2.45, 2.75) is 12.8 Å². The van der Waals surface area contributed by atoms with Gasteiger partial charge in [-0.3, -0.25) is 9.59 Å². The summed E-state index contributed by atoms with van der Waals surface area (Å²) in [6, 6.07) is 11.9. The van der Waals surface area contributed by atoms with E-state index in [0.717, 1.165) is 35.1 Å². The van der Waals surface area contributed by atoms with Gasteiger partial charge in [-0.05, 0) is 64.7 Å². The number of benzene rings is 2. The Morgan fingerprint density at radius 1 is 1.15 bits per heavy atom. The van der Waals surface area contributed by atoms with Crippen molar-refractivity contribution in [3.63, 3.8) is 0 Å². The molecule has 2 aromatic carbocycles. The number of nitrogens with one attached hydrogen (secondary N) is 2. The fourth-order valence-electron chi connectivity index (χ4n) is 2.97. The maximum Gasteiger partial charge on any atom is 0.243 e. The zero-order chi connectivity index (χ0) is 18.5. The van der Waals surface area contributed by atoms with Crippen LogP contribution in [0.3, 0.4) is 0 Å². The van der Waals surface area contributed by atoms with Crippen LogP contribution in [0.5, 0.6) is 0 Å². The minimum absolute atomic E-state index is 0.107. The van der Waals surface area contributed by atoms with Crippen molar-refractivity contribution in [3.8, 4) is 0 Å². The van der Waals surface area contributed by atoms with Gasteiger partial charge in [0.25, 0.3) is 0 Å². The summed E-state index contributed by atoms with van der Waals surface area (Å²) in [7, 11) is 0. The first-order valence-corrected chi connectivity index (χ1v) is 9.16. The van der Waals surface area contributed by atoms with Gasteiger partial charge in [0.05, 0.1) is 18.8 Å². The van der Waals surface area contributed by atoms with Gasteiger partial charge in [-0.2, -0.15) is 0 Å². The Hall–Kier alpha value is -2.41. The van der Waals surface area contributed by atoms with Crippen LogP contribution in [0, 0.1) is 5.82 Å². The lowest BCUT2D eigenvalue weighted by Crippen LogP contribution is -2.42. The monoisotopic (exact) mass is 419 g/mol. The lowest BCUT2D eigenvalue weighted by atomic mass is 10.0. The van der Waals surface area contributed by atoms with E-state index in [1.54, 1.807) is 12.1 Å². The van der Waals surface area contributed by atoms with Crippen molar-refractivity contribution in [2.24, 2.45) is 0 Å². The Labute approximate surface area is 159 Å². The second kappa shape index (κ2) is 8.31. The molecule has 0 unspecified atom stereocenters. The van der Waals surface area contributed by atoms with Crippen molar-refractivity contribution in [1.82, 2.24) is 5.32 Å². The number of carbonyl (C=O) groups excluding carboxylic acids is 2. The van der Waals surface area contributed by atoms with Crippen molar-refractivity contribution < 1.29 is 14.0 Å².